The number of hydrogen-bond donors (Lipinski definition) is 4. The lowest BCUT2D eigenvalue weighted by Crippen LogP contribution is -2.75. The van der Waals surface area contributed by atoms with Gasteiger partial charge >= 0.3 is 18.0 Å². The lowest BCUT2D eigenvalue weighted by atomic mass is 9.27. The van der Waals surface area contributed by atoms with Crippen LogP contribution >= 0.6 is 0 Å². The molecule has 8 rings (SSSR count). The summed E-state index contributed by atoms with van der Waals surface area (Å²) in [6.45, 7) is 25.7. The first-order chi connectivity index (χ1) is 30.5. The number of carbonyl (C=O) groups excluding carboxylic acids is 3. The molecule has 0 unspecified atom stereocenters. The zero-order valence-corrected chi connectivity index (χ0v) is 42.4. The number of benzene rings is 1. The molecule has 10 atom stereocenters. The van der Waals surface area contributed by atoms with Crippen molar-refractivity contribution in [2.75, 3.05) is 0 Å². The van der Waals surface area contributed by atoms with Crippen molar-refractivity contribution < 1.29 is 38.9 Å². The molecule has 1 aromatic rings. The van der Waals surface area contributed by atoms with Crippen molar-refractivity contribution in [3.63, 3.8) is 0 Å². The topological polar surface area (TPSA) is 159 Å². The Morgan fingerprint density at radius 1 is 0.742 bits per heavy atom. The molecule has 0 spiro atoms. The van der Waals surface area contributed by atoms with Crippen molar-refractivity contribution >= 4 is 29.7 Å². The predicted molar refractivity (Wildman–Crippen MR) is 255 cm³/mol. The third-order valence-electron chi connectivity index (χ3n) is 21.3. The van der Waals surface area contributed by atoms with Gasteiger partial charge in [0.1, 0.15) is 11.1 Å². The van der Waals surface area contributed by atoms with Crippen LogP contribution in [0.25, 0.3) is 0 Å². The maximum atomic E-state index is 15.0. The van der Waals surface area contributed by atoms with Gasteiger partial charge in [-0.3, -0.25) is 19.2 Å². The fraction of sp³-hybridized carbons (Fsp3) is 0.768. The van der Waals surface area contributed by atoms with E-state index in [9.17, 15) is 34.2 Å². The molecule has 66 heavy (non-hydrogen) atoms. The number of aliphatic carboxylic acids is 2. The molecular weight excluding hydrogens is 829 g/mol. The number of allylic oxidation sites excluding steroid dienone is 1. The molecule has 10 nitrogen and oxygen atoms in total. The molecule has 1 aromatic carbocycles. The van der Waals surface area contributed by atoms with Gasteiger partial charge in [-0.15, -0.1) is 0 Å². The summed E-state index contributed by atoms with van der Waals surface area (Å²) >= 11 is 0. The van der Waals surface area contributed by atoms with Gasteiger partial charge in [-0.1, -0.05) is 112 Å². The molecular formula is C56H82N2O8. The van der Waals surface area contributed by atoms with E-state index in [1.807, 2.05) is 65.0 Å². The summed E-state index contributed by atoms with van der Waals surface area (Å²) in [5.41, 5.74) is -3.78. The summed E-state index contributed by atoms with van der Waals surface area (Å²) in [5.74, 6) is -1.34. The number of Topliss-reactive ketones (excluding diaryl/α,β-unsaturated/α-hetero) is 1. The second-order valence-electron chi connectivity index (χ2n) is 26.0. The highest BCUT2D eigenvalue weighted by atomic mass is 16.6. The van der Waals surface area contributed by atoms with Crippen LogP contribution in [-0.2, 0) is 30.3 Å². The highest BCUT2D eigenvalue weighted by molar-refractivity contribution is 6.03. The Kier molecular flexibility index (Phi) is 11.6. The van der Waals surface area contributed by atoms with Crippen molar-refractivity contribution in [2.45, 2.75) is 202 Å². The van der Waals surface area contributed by atoms with E-state index in [0.29, 0.717) is 31.6 Å². The number of carboxylic acid groups (broad SMARTS) is 2. The summed E-state index contributed by atoms with van der Waals surface area (Å²) in [7, 11) is 0. The fourth-order valence-corrected chi connectivity index (χ4v) is 18.0. The summed E-state index contributed by atoms with van der Waals surface area (Å²) in [6, 6.07) is 9.68. The van der Waals surface area contributed by atoms with E-state index in [-0.39, 0.29) is 69.9 Å². The van der Waals surface area contributed by atoms with Gasteiger partial charge in [0.2, 0.25) is 5.91 Å². The summed E-state index contributed by atoms with van der Waals surface area (Å²) in [6.07, 6.45) is 10.7. The molecule has 364 valence electrons. The Labute approximate surface area is 395 Å². The van der Waals surface area contributed by atoms with E-state index in [4.69, 9.17) is 4.74 Å². The van der Waals surface area contributed by atoms with Crippen LogP contribution in [0.3, 0.4) is 0 Å². The van der Waals surface area contributed by atoms with Crippen LogP contribution in [-0.4, -0.2) is 56.6 Å². The Morgan fingerprint density at radius 3 is 1.95 bits per heavy atom. The number of ketones is 1. The number of alkyl carbamates (subject to hydrolysis) is 1. The SMILES string of the molecule is CC(C)C1=C2[C@H]3CC[C@@H]4[C@]5(C)CC[C@H]([C@@]6(C(=O)O)C[C@@](Cc7ccccc7)(C(=O)O)C6(C)C)C(C)(C)[C@H]5CC[C@@]4(C)[C@]3(C)CC[C@@]2(NC(=O)C2(NC(=O)OC(C)(C)C)CCCCC2)CC1=O. The molecule has 0 aliphatic heterocycles. The van der Waals surface area contributed by atoms with Gasteiger partial charge in [-0.05, 0) is 171 Å². The average Bonchev–Trinajstić information content (AvgIpc) is 3.51. The van der Waals surface area contributed by atoms with E-state index in [1.54, 1.807) is 0 Å². The van der Waals surface area contributed by atoms with Crippen molar-refractivity contribution in [3.8, 4) is 0 Å². The molecule has 6 fully saturated rings. The third kappa shape index (κ3) is 6.67. The molecule has 0 aromatic heterocycles. The zero-order chi connectivity index (χ0) is 48.5. The summed E-state index contributed by atoms with van der Waals surface area (Å²) < 4.78 is 5.71. The van der Waals surface area contributed by atoms with Crippen molar-refractivity contribution in [1.82, 2.24) is 10.6 Å². The first-order valence-corrected chi connectivity index (χ1v) is 25.7. The van der Waals surface area contributed by atoms with Crippen molar-refractivity contribution in [1.29, 1.82) is 0 Å². The van der Waals surface area contributed by atoms with Crippen LogP contribution in [0.1, 0.15) is 185 Å². The minimum Gasteiger partial charge on any atom is -0.481 e. The number of carbonyl (C=O) groups is 5. The highest BCUT2D eigenvalue weighted by Gasteiger charge is 2.80. The Morgan fingerprint density at radius 2 is 1.38 bits per heavy atom. The van der Waals surface area contributed by atoms with Crippen LogP contribution in [0.4, 0.5) is 4.79 Å². The quantitative estimate of drug-likeness (QED) is 0.191. The third-order valence-corrected chi connectivity index (χ3v) is 21.3. The average molecular weight is 911 g/mol. The summed E-state index contributed by atoms with van der Waals surface area (Å²) in [4.78, 5) is 70.2. The van der Waals surface area contributed by atoms with Gasteiger partial charge in [0, 0.05) is 6.42 Å². The number of amides is 2. The number of carboxylic acids is 2. The molecule has 10 heteroatoms. The first-order valence-electron chi connectivity index (χ1n) is 25.7. The molecule has 0 heterocycles. The standard InChI is InChI=1S/C56H82N2O8/c1-34(2)41-37(59)32-55(57-43(60)54(25-17-14-18-26-54)58-46(65)66-47(3,4)5)30-29-51(11)36(42(41)55)21-22-40-50(10)27-23-39(48(6,7)38(50)24-28-52(40,51)12)56(45(63)64)33-53(44(61)62,49(56,8)9)31-35-19-15-13-16-20-35/h13,15-16,19-20,34,36,38-40H,14,17-18,21-33H2,1-12H3,(H,57,60)(H,58,65)(H,61,62)(H,63,64)/t36-,38-,39+,40-,50-,51-,52-,53+,55-,56-/m1/s1. The predicted octanol–water partition coefficient (Wildman–Crippen LogP) is 11.5. The number of fused-ring (bicyclic) bond motifs is 7. The van der Waals surface area contributed by atoms with E-state index in [1.165, 1.54) is 0 Å². The largest absolute Gasteiger partial charge is 0.481 e. The maximum absolute atomic E-state index is 15.0. The Bertz CT molecular complexity index is 2200. The second-order valence-corrected chi connectivity index (χ2v) is 26.0. The fourth-order valence-electron chi connectivity index (χ4n) is 18.0. The minimum atomic E-state index is -1.20. The van der Waals surface area contributed by atoms with Gasteiger partial charge in [-0.25, -0.2) is 4.79 Å². The lowest BCUT2D eigenvalue weighted by Gasteiger charge is -2.75. The van der Waals surface area contributed by atoms with Gasteiger partial charge < -0.3 is 25.6 Å². The molecule has 0 bridgehead atoms. The lowest BCUT2D eigenvalue weighted by molar-refractivity contribution is -0.281. The van der Waals surface area contributed by atoms with Gasteiger partial charge in [0.05, 0.1) is 16.4 Å². The van der Waals surface area contributed by atoms with Crippen molar-refractivity contribution in [3.05, 3.63) is 47.0 Å². The number of rotatable bonds is 9. The molecule has 2 amide bonds. The van der Waals surface area contributed by atoms with E-state index in [2.05, 4.69) is 59.1 Å². The first kappa shape index (κ1) is 48.8. The van der Waals surface area contributed by atoms with E-state index in [0.717, 1.165) is 80.9 Å². The number of hydrogen-bond acceptors (Lipinski definition) is 6. The normalized spacial score (nSPS) is 39.9. The van der Waals surface area contributed by atoms with Gasteiger partial charge in [-0.2, -0.15) is 0 Å². The molecule has 0 saturated heterocycles. The Balaban J connectivity index is 1.10. The van der Waals surface area contributed by atoms with Crippen LogP contribution in [0.5, 0.6) is 0 Å². The van der Waals surface area contributed by atoms with Crippen molar-refractivity contribution in [2.24, 2.45) is 67.5 Å². The van der Waals surface area contributed by atoms with Gasteiger partial charge in [0.25, 0.3) is 0 Å². The molecule has 6 saturated carbocycles. The van der Waals surface area contributed by atoms with Crippen LogP contribution in [0, 0.1) is 67.5 Å². The van der Waals surface area contributed by atoms with E-state index < -0.39 is 51.0 Å². The monoisotopic (exact) mass is 911 g/mol. The second kappa shape index (κ2) is 15.7. The number of nitrogens with one attached hydrogen (secondary N) is 2. The summed E-state index contributed by atoms with van der Waals surface area (Å²) in [5, 5.41) is 29.1. The van der Waals surface area contributed by atoms with Crippen LogP contribution in [0.2, 0.25) is 0 Å². The minimum absolute atomic E-state index is 0.00288. The van der Waals surface area contributed by atoms with E-state index >= 15 is 0 Å². The van der Waals surface area contributed by atoms with Crippen LogP contribution in [0.15, 0.2) is 41.5 Å². The number of ether oxygens (including phenoxy) is 1. The molecule has 0 radical (unpaired) electrons. The maximum Gasteiger partial charge on any atom is 0.408 e. The molecule has 4 N–H and O–H groups in total. The molecule has 7 aliphatic rings. The molecule has 7 aliphatic carbocycles. The highest BCUT2D eigenvalue weighted by Crippen LogP contribution is 2.81. The van der Waals surface area contributed by atoms with Gasteiger partial charge in [0.15, 0.2) is 5.78 Å². The smallest absolute Gasteiger partial charge is 0.408 e. The van der Waals surface area contributed by atoms with Crippen LogP contribution < -0.4 is 10.6 Å². The zero-order valence-electron chi connectivity index (χ0n) is 42.4. The Hall–Kier alpha value is -3.69.